The molecule has 0 bridgehead atoms. The molecule has 1 aromatic heterocycles. The smallest absolute Gasteiger partial charge is 0.293 e. The SMILES string of the molecule is CC1CN(C)CCC1Nc1nccn(C2CC2)c1=O. The summed E-state index contributed by atoms with van der Waals surface area (Å²) in [5.41, 5.74) is 0.0381. The van der Waals surface area contributed by atoms with Crippen LogP contribution >= 0.6 is 0 Å². The minimum atomic E-state index is 0.0381. The van der Waals surface area contributed by atoms with Gasteiger partial charge in [0.05, 0.1) is 0 Å². The second kappa shape index (κ2) is 4.96. The highest BCUT2D eigenvalue weighted by atomic mass is 16.1. The summed E-state index contributed by atoms with van der Waals surface area (Å²) in [6, 6.07) is 0.761. The molecule has 5 heteroatoms. The van der Waals surface area contributed by atoms with Crippen LogP contribution in [0.15, 0.2) is 17.2 Å². The van der Waals surface area contributed by atoms with Crippen molar-refractivity contribution in [3.05, 3.63) is 22.7 Å². The molecule has 104 valence electrons. The zero-order valence-corrected chi connectivity index (χ0v) is 11.7. The molecule has 0 amide bonds. The number of nitrogens with one attached hydrogen (secondary N) is 1. The first-order valence-corrected chi connectivity index (χ1v) is 7.17. The van der Waals surface area contributed by atoms with Crippen LogP contribution in [0.1, 0.15) is 32.2 Å². The number of rotatable bonds is 3. The van der Waals surface area contributed by atoms with E-state index in [4.69, 9.17) is 0 Å². The summed E-state index contributed by atoms with van der Waals surface area (Å²) in [6.07, 6.45) is 6.85. The first-order valence-electron chi connectivity index (χ1n) is 7.17. The van der Waals surface area contributed by atoms with Gasteiger partial charge in [0.2, 0.25) is 0 Å². The third-order valence-corrected chi connectivity index (χ3v) is 4.24. The van der Waals surface area contributed by atoms with Crippen molar-refractivity contribution in [1.82, 2.24) is 14.5 Å². The lowest BCUT2D eigenvalue weighted by molar-refractivity contribution is 0.206. The summed E-state index contributed by atoms with van der Waals surface area (Å²) >= 11 is 0. The topological polar surface area (TPSA) is 50.2 Å². The van der Waals surface area contributed by atoms with Crippen molar-refractivity contribution in [3.8, 4) is 0 Å². The van der Waals surface area contributed by atoms with E-state index in [-0.39, 0.29) is 5.56 Å². The van der Waals surface area contributed by atoms with Gasteiger partial charge in [0.15, 0.2) is 5.82 Å². The molecule has 2 heterocycles. The van der Waals surface area contributed by atoms with Crippen LogP contribution in [-0.4, -0.2) is 40.6 Å². The molecule has 1 saturated carbocycles. The van der Waals surface area contributed by atoms with Crippen LogP contribution in [0.2, 0.25) is 0 Å². The molecule has 5 nitrogen and oxygen atoms in total. The largest absolute Gasteiger partial charge is 0.362 e. The Hall–Kier alpha value is -1.36. The Labute approximate surface area is 113 Å². The van der Waals surface area contributed by atoms with Crippen molar-refractivity contribution < 1.29 is 0 Å². The lowest BCUT2D eigenvalue weighted by atomic mass is 9.94. The van der Waals surface area contributed by atoms with Gasteiger partial charge in [0, 0.05) is 31.0 Å². The normalized spacial score (nSPS) is 28.3. The molecule has 0 radical (unpaired) electrons. The fourth-order valence-electron chi connectivity index (χ4n) is 2.91. The third kappa shape index (κ3) is 2.66. The molecule has 1 aromatic rings. The van der Waals surface area contributed by atoms with Gasteiger partial charge in [0.1, 0.15) is 0 Å². The Kier molecular flexibility index (Phi) is 3.31. The molecular formula is C14H22N4O. The maximum atomic E-state index is 12.3. The van der Waals surface area contributed by atoms with Gasteiger partial charge in [-0.25, -0.2) is 4.98 Å². The first kappa shape index (κ1) is 12.7. The van der Waals surface area contributed by atoms with Crippen molar-refractivity contribution in [2.45, 2.75) is 38.3 Å². The summed E-state index contributed by atoms with van der Waals surface area (Å²) in [5, 5.41) is 3.37. The van der Waals surface area contributed by atoms with E-state index < -0.39 is 0 Å². The maximum Gasteiger partial charge on any atom is 0.293 e. The van der Waals surface area contributed by atoms with E-state index >= 15 is 0 Å². The molecule has 1 aliphatic carbocycles. The van der Waals surface area contributed by atoms with E-state index in [9.17, 15) is 4.79 Å². The molecule has 1 N–H and O–H groups in total. The van der Waals surface area contributed by atoms with E-state index in [1.165, 1.54) is 0 Å². The van der Waals surface area contributed by atoms with Gasteiger partial charge in [0.25, 0.3) is 5.56 Å². The van der Waals surface area contributed by atoms with Crippen LogP contribution in [-0.2, 0) is 0 Å². The lowest BCUT2D eigenvalue weighted by Gasteiger charge is -2.35. The Balaban J connectivity index is 1.76. The van der Waals surface area contributed by atoms with Crippen molar-refractivity contribution >= 4 is 5.82 Å². The summed E-state index contributed by atoms with van der Waals surface area (Å²) < 4.78 is 1.83. The van der Waals surface area contributed by atoms with Gasteiger partial charge in [-0.3, -0.25) is 4.79 Å². The molecule has 0 spiro atoms. The second-order valence-electron chi connectivity index (χ2n) is 6.00. The van der Waals surface area contributed by atoms with Gasteiger partial charge in [-0.1, -0.05) is 6.92 Å². The minimum Gasteiger partial charge on any atom is -0.362 e. The predicted octanol–water partition coefficient (Wildman–Crippen LogP) is 1.33. The lowest BCUT2D eigenvalue weighted by Crippen LogP contribution is -2.44. The van der Waals surface area contributed by atoms with E-state index in [2.05, 4.69) is 29.2 Å². The van der Waals surface area contributed by atoms with Crippen LogP contribution in [0.3, 0.4) is 0 Å². The van der Waals surface area contributed by atoms with Crippen LogP contribution < -0.4 is 10.9 Å². The number of anilines is 1. The molecule has 1 aliphatic heterocycles. The zero-order chi connectivity index (χ0) is 13.4. The highest BCUT2D eigenvalue weighted by molar-refractivity contribution is 5.33. The van der Waals surface area contributed by atoms with Crippen molar-refractivity contribution in [3.63, 3.8) is 0 Å². The van der Waals surface area contributed by atoms with Gasteiger partial charge < -0.3 is 14.8 Å². The molecular weight excluding hydrogens is 240 g/mol. The molecule has 19 heavy (non-hydrogen) atoms. The standard InChI is InChI=1S/C14H22N4O/c1-10-9-17(2)7-5-12(10)16-13-14(19)18(8-6-15-13)11-3-4-11/h6,8,10-12H,3-5,7,9H2,1-2H3,(H,15,16). The second-order valence-corrected chi connectivity index (χ2v) is 6.00. The van der Waals surface area contributed by atoms with Crippen molar-refractivity contribution in [2.24, 2.45) is 5.92 Å². The van der Waals surface area contributed by atoms with Gasteiger partial charge >= 0.3 is 0 Å². The van der Waals surface area contributed by atoms with Crippen LogP contribution in [0.25, 0.3) is 0 Å². The Morgan fingerprint density at radius 3 is 2.84 bits per heavy atom. The van der Waals surface area contributed by atoms with Gasteiger partial charge in [-0.2, -0.15) is 0 Å². The molecule has 1 saturated heterocycles. The Bertz CT molecular complexity index is 508. The van der Waals surface area contributed by atoms with Gasteiger partial charge in [-0.15, -0.1) is 0 Å². The highest BCUT2D eigenvalue weighted by Gasteiger charge is 2.28. The average Bonchev–Trinajstić information content (AvgIpc) is 3.19. The number of piperidine rings is 1. The van der Waals surface area contributed by atoms with Gasteiger partial charge in [-0.05, 0) is 38.8 Å². The summed E-state index contributed by atoms with van der Waals surface area (Å²) in [4.78, 5) is 18.9. The molecule has 3 rings (SSSR count). The molecule has 2 unspecified atom stereocenters. The molecule has 2 fully saturated rings. The number of likely N-dealkylation sites (tertiary alicyclic amines) is 1. The third-order valence-electron chi connectivity index (χ3n) is 4.24. The van der Waals surface area contributed by atoms with Crippen LogP contribution in [0, 0.1) is 5.92 Å². The van der Waals surface area contributed by atoms with E-state index in [0.717, 1.165) is 32.4 Å². The fraction of sp³-hybridized carbons (Fsp3) is 0.714. The zero-order valence-electron chi connectivity index (χ0n) is 11.7. The molecule has 2 atom stereocenters. The molecule has 0 aromatic carbocycles. The van der Waals surface area contributed by atoms with Crippen LogP contribution in [0.5, 0.6) is 0 Å². The summed E-state index contributed by atoms with van der Waals surface area (Å²) in [7, 11) is 2.15. The fourth-order valence-corrected chi connectivity index (χ4v) is 2.91. The average molecular weight is 262 g/mol. The van der Waals surface area contributed by atoms with Crippen molar-refractivity contribution in [1.29, 1.82) is 0 Å². The van der Waals surface area contributed by atoms with E-state index in [0.29, 0.717) is 23.8 Å². The Morgan fingerprint density at radius 2 is 2.16 bits per heavy atom. The minimum absolute atomic E-state index is 0.0381. The Morgan fingerprint density at radius 1 is 1.37 bits per heavy atom. The van der Waals surface area contributed by atoms with E-state index in [1.807, 2.05) is 10.8 Å². The number of hydrogen-bond donors (Lipinski definition) is 1. The predicted molar refractivity (Wildman–Crippen MR) is 75.5 cm³/mol. The number of aromatic nitrogens is 2. The van der Waals surface area contributed by atoms with Crippen LogP contribution in [0.4, 0.5) is 5.82 Å². The van der Waals surface area contributed by atoms with E-state index in [1.54, 1.807) is 6.20 Å². The first-order chi connectivity index (χ1) is 9.15. The summed E-state index contributed by atoms with van der Waals surface area (Å²) in [5.74, 6) is 1.06. The maximum absolute atomic E-state index is 12.3. The summed E-state index contributed by atoms with van der Waals surface area (Å²) in [6.45, 7) is 4.38. The highest BCUT2D eigenvalue weighted by Crippen LogP contribution is 2.33. The quantitative estimate of drug-likeness (QED) is 0.893. The monoisotopic (exact) mass is 262 g/mol. The molecule has 2 aliphatic rings. The number of nitrogens with zero attached hydrogens (tertiary/aromatic N) is 3. The number of hydrogen-bond acceptors (Lipinski definition) is 4. The van der Waals surface area contributed by atoms with Crippen molar-refractivity contribution in [2.75, 3.05) is 25.5 Å².